The number of aliphatic hydroxyl groups excluding tert-OH is 1. The van der Waals surface area contributed by atoms with Gasteiger partial charge in [-0.05, 0) is 25.7 Å². The molecule has 2 rings (SSSR count). The van der Waals surface area contributed by atoms with Crippen LogP contribution in [0.2, 0.25) is 0 Å². The van der Waals surface area contributed by atoms with Crippen LogP contribution in [0, 0.1) is 5.41 Å². The Hall–Kier alpha value is -1.36. The monoisotopic (exact) mass is 293 g/mol. The van der Waals surface area contributed by atoms with Gasteiger partial charge in [-0.3, -0.25) is 9.89 Å². The summed E-state index contributed by atoms with van der Waals surface area (Å²) in [7, 11) is 0. The maximum Gasteiger partial charge on any atom is 0.257 e. The molecule has 0 bridgehead atoms. The molecular formula is C16H27N3O2. The molecule has 1 aliphatic heterocycles. The van der Waals surface area contributed by atoms with E-state index in [-0.39, 0.29) is 17.9 Å². The summed E-state index contributed by atoms with van der Waals surface area (Å²) in [6, 6.07) is 0. The number of amides is 1. The van der Waals surface area contributed by atoms with Crippen LogP contribution in [0.5, 0.6) is 0 Å². The summed E-state index contributed by atoms with van der Waals surface area (Å²) in [5, 5.41) is 16.8. The number of H-pyrrole nitrogens is 1. The van der Waals surface area contributed by atoms with E-state index in [4.69, 9.17) is 0 Å². The van der Waals surface area contributed by atoms with Crippen molar-refractivity contribution in [3.63, 3.8) is 0 Å². The molecule has 0 radical (unpaired) electrons. The fourth-order valence-corrected chi connectivity index (χ4v) is 3.43. The van der Waals surface area contributed by atoms with Crippen molar-refractivity contribution in [2.75, 3.05) is 19.7 Å². The van der Waals surface area contributed by atoms with Crippen LogP contribution in [0.15, 0.2) is 6.20 Å². The van der Waals surface area contributed by atoms with Crippen LogP contribution in [0.1, 0.15) is 62.0 Å². The molecule has 1 atom stereocenters. The van der Waals surface area contributed by atoms with Crippen molar-refractivity contribution in [3.05, 3.63) is 17.5 Å². The molecule has 2 heterocycles. The Labute approximate surface area is 126 Å². The number of hydrogen-bond acceptors (Lipinski definition) is 3. The smallest absolute Gasteiger partial charge is 0.257 e. The maximum atomic E-state index is 12.7. The number of piperidine rings is 1. The molecule has 1 saturated heterocycles. The van der Waals surface area contributed by atoms with Gasteiger partial charge in [0.1, 0.15) is 0 Å². The molecule has 118 valence electrons. The lowest BCUT2D eigenvalue weighted by molar-refractivity contribution is 0.0222. The van der Waals surface area contributed by atoms with Gasteiger partial charge in [-0.15, -0.1) is 0 Å². The van der Waals surface area contributed by atoms with E-state index >= 15 is 0 Å². The quantitative estimate of drug-likeness (QED) is 0.846. The number of aromatic amines is 1. The van der Waals surface area contributed by atoms with E-state index in [1.54, 1.807) is 6.20 Å². The number of aryl methyl sites for hydroxylation is 1. The minimum Gasteiger partial charge on any atom is -0.396 e. The first-order valence-electron chi connectivity index (χ1n) is 8.08. The first kappa shape index (κ1) is 16.0. The van der Waals surface area contributed by atoms with Crippen LogP contribution >= 0.6 is 0 Å². The van der Waals surface area contributed by atoms with Gasteiger partial charge in [0.05, 0.1) is 18.4 Å². The van der Waals surface area contributed by atoms with E-state index < -0.39 is 0 Å². The summed E-state index contributed by atoms with van der Waals surface area (Å²) in [4.78, 5) is 14.7. The third kappa shape index (κ3) is 3.46. The Bertz CT molecular complexity index is 468. The SMILES string of the molecule is CCCc1[nH]ncc1C(=O)N1CCC[C@](CO)(CCC)C1. The number of hydrogen-bond donors (Lipinski definition) is 2. The lowest BCUT2D eigenvalue weighted by atomic mass is 9.77. The third-order valence-electron chi connectivity index (χ3n) is 4.51. The van der Waals surface area contributed by atoms with Crippen LogP contribution in [-0.2, 0) is 6.42 Å². The largest absolute Gasteiger partial charge is 0.396 e. The van der Waals surface area contributed by atoms with Gasteiger partial charge in [-0.1, -0.05) is 26.7 Å². The highest BCUT2D eigenvalue weighted by molar-refractivity contribution is 5.95. The molecular weight excluding hydrogens is 266 g/mol. The van der Waals surface area contributed by atoms with Crippen LogP contribution in [0.25, 0.3) is 0 Å². The molecule has 1 fully saturated rings. The molecule has 0 aliphatic carbocycles. The molecule has 1 aliphatic rings. The van der Waals surface area contributed by atoms with Crippen molar-refractivity contribution in [3.8, 4) is 0 Å². The summed E-state index contributed by atoms with van der Waals surface area (Å²) >= 11 is 0. The van der Waals surface area contributed by atoms with E-state index in [0.717, 1.165) is 50.8 Å². The average Bonchev–Trinajstić information content (AvgIpc) is 2.96. The molecule has 0 unspecified atom stereocenters. The first-order chi connectivity index (χ1) is 10.2. The van der Waals surface area contributed by atoms with Crippen molar-refractivity contribution >= 4 is 5.91 Å². The zero-order chi connectivity index (χ0) is 15.3. The number of aromatic nitrogens is 2. The van der Waals surface area contributed by atoms with Gasteiger partial charge in [0.2, 0.25) is 0 Å². The maximum absolute atomic E-state index is 12.7. The second-order valence-electron chi connectivity index (χ2n) is 6.25. The fourth-order valence-electron chi connectivity index (χ4n) is 3.43. The zero-order valence-electron chi connectivity index (χ0n) is 13.2. The number of rotatable bonds is 6. The molecule has 21 heavy (non-hydrogen) atoms. The second-order valence-corrected chi connectivity index (χ2v) is 6.25. The van der Waals surface area contributed by atoms with Gasteiger partial charge in [-0.2, -0.15) is 5.10 Å². The second kappa shape index (κ2) is 7.07. The van der Waals surface area contributed by atoms with Crippen molar-refractivity contribution in [2.45, 2.75) is 52.4 Å². The standard InChI is InChI=1S/C16H27N3O2/c1-3-6-14-13(10-17-18-14)15(21)19-9-5-8-16(11-19,12-20)7-4-2/h10,20H,3-9,11-12H2,1-2H3,(H,17,18)/t16-/m1/s1. The normalized spacial score (nSPS) is 22.5. The van der Waals surface area contributed by atoms with Crippen molar-refractivity contribution < 1.29 is 9.90 Å². The molecule has 0 aromatic carbocycles. The molecule has 0 spiro atoms. The first-order valence-corrected chi connectivity index (χ1v) is 8.08. The highest BCUT2D eigenvalue weighted by Gasteiger charge is 2.36. The van der Waals surface area contributed by atoms with E-state index in [9.17, 15) is 9.90 Å². The minimum atomic E-state index is -0.114. The van der Waals surface area contributed by atoms with Crippen molar-refractivity contribution in [2.24, 2.45) is 5.41 Å². The highest BCUT2D eigenvalue weighted by atomic mass is 16.3. The Kier molecular flexibility index (Phi) is 5.39. The number of carbonyl (C=O) groups is 1. The Morgan fingerprint density at radius 1 is 1.48 bits per heavy atom. The Morgan fingerprint density at radius 2 is 2.29 bits per heavy atom. The zero-order valence-corrected chi connectivity index (χ0v) is 13.2. The Morgan fingerprint density at radius 3 is 2.95 bits per heavy atom. The predicted molar refractivity (Wildman–Crippen MR) is 82.1 cm³/mol. The fraction of sp³-hybridized carbons (Fsp3) is 0.750. The lowest BCUT2D eigenvalue weighted by Gasteiger charge is -2.41. The lowest BCUT2D eigenvalue weighted by Crippen LogP contribution is -2.48. The molecule has 1 aromatic rings. The number of likely N-dealkylation sites (tertiary alicyclic amines) is 1. The van der Waals surface area contributed by atoms with Crippen molar-refractivity contribution in [1.82, 2.24) is 15.1 Å². The summed E-state index contributed by atoms with van der Waals surface area (Å²) < 4.78 is 0. The molecule has 1 aromatic heterocycles. The summed E-state index contributed by atoms with van der Waals surface area (Å²) in [5.74, 6) is 0.0563. The third-order valence-corrected chi connectivity index (χ3v) is 4.51. The van der Waals surface area contributed by atoms with Crippen LogP contribution in [0.4, 0.5) is 0 Å². The summed E-state index contributed by atoms with van der Waals surface area (Å²) in [6.07, 6.45) is 7.45. The molecule has 2 N–H and O–H groups in total. The molecule has 5 heteroatoms. The van der Waals surface area contributed by atoms with Crippen LogP contribution in [0.3, 0.4) is 0 Å². The van der Waals surface area contributed by atoms with Gasteiger partial charge in [0.25, 0.3) is 5.91 Å². The van der Waals surface area contributed by atoms with Crippen molar-refractivity contribution in [1.29, 1.82) is 0 Å². The van der Waals surface area contributed by atoms with E-state index in [1.807, 2.05) is 4.90 Å². The highest BCUT2D eigenvalue weighted by Crippen LogP contribution is 2.34. The molecule has 0 saturated carbocycles. The van der Waals surface area contributed by atoms with Crippen LogP contribution < -0.4 is 0 Å². The van der Waals surface area contributed by atoms with Gasteiger partial charge in [0, 0.05) is 24.2 Å². The van der Waals surface area contributed by atoms with E-state index in [0.29, 0.717) is 12.1 Å². The molecule has 1 amide bonds. The minimum absolute atomic E-state index is 0.0563. The number of nitrogens with zero attached hydrogens (tertiary/aromatic N) is 2. The van der Waals surface area contributed by atoms with Gasteiger partial charge in [-0.25, -0.2) is 0 Å². The topological polar surface area (TPSA) is 69.2 Å². The summed E-state index contributed by atoms with van der Waals surface area (Å²) in [5.41, 5.74) is 1.51. The number of nitrogens with one attached hydrogen (secondary N) is 1. The van der Waals surface area contributed by atoms with Gasteiger partial charge >= 0.3 is 0 Å². The summed E-state index contributed by atoms with van der Waals surface area (Å²) in [6.45, 7) is 5.83. The number of aliphatic hydroxyl groups is 1. The van der Waals surface area contributed by atoms with E-state index in [2.05, 4.69) is 24.0 Å². The predicted octanol–water partition coefficient (Wildman–Crippen LogP) is 2.38. The number of carbonyl (C=O) groups excluding carboxylic acids is 1. The van der Waals surface area contributed by atoms with Crippen LogP contribution in [-0.4, -0.2) is 45.8 Å². The van der Waals surface area contributed by atoms with E-state index in [1.165, 1.54) is 0 Å². The van der Waals surface area contributed by atoms with Gasteiger partial charge < -0.3 is 10.0 Å². The Balaban J connectivity index is 2.13. The molecule has 5 nitrogen and oxygen atoms in total. The average molecular weight is 293 g/mol. The van der Waals surface area contributed by atoms with Gasteiger partial charge in [0.15, 0.2) is 0 Å².